The molecule has 1 aliphatic rings. The van der Waals surface area contributed by atoms with Crippen LogP contribution < -0.4 is 5.32 Å². The minimum atomic E-state index is -0.487. The lowest BCUT2D eigenvalue weighted by atomic mass is 10.0. The normalized spacial score (nSPS) is 13.8. The van der Waals surface area contributed by atoms with Crippen molar-refractivity contribution in [2.75, 3.05) is 32.5 Å². The number of pyridine rings is 1. The number of carbonyl (C=O) groups excluding carboxylic acids is 3. The Morgan fingerprint density at radius 3 is 2.67 bits per heavy atom. The molecule has 30 heavy (non-hydrogen) atoms. The molecule has 0 saturated heterocycles. The number of hydrogen-bond donors (Lipinski definition) is 1. The third-order valence-electron chi connectivity index (χ3n) is 4.50. The van der Waals surface area contributed by atoms with E-state index in [1.807, 2.05) is 0 Å². The Morgan fingerprint density at radius 2 is 2.03 bits per heavy atom. The van der Waals surface area contributed by atoms with E-state index in [1.165, 1.54) is 29.6 Å². The van der Waals surface area contributed by atoms with Crippen molar-refractivity contribution in [1.82, 2.24) is 24.8 Å². The molecule has 9 nitrogen and oxygen atoms in total. The van der Waals surface area contributed by atoms with E-state index in [1.54, 1.807) is 19.0 Å². The summed E-state index contributed by atoms with van der Waals surface area (Å²) in [6.45, 7) is 0.375. The second-order valence-electron chi connectivity index (χ2n) is 6.94. The molecule has 3 heterocycles. The van der Waals surface area contributed by atoms with Gasteiger partial charge in [0.1, 0.15) is 17.8 Å². The number of nitrogens with one attached hydrogen (secondary N) is 1. The van der Waals surface area contributed by atoms with Crippen LogP contribution in [0, 0.1) is 5.82 Å². The number of aldehydes is 1. The van der Waals surface area contributed by atoms with Crippen LogP contribution in [-0.2, 0) is 14.4 Å². The summed E-state index contributed by atoms with van der Waals surface area (Å²) in [7, 11) is 3.19. The lowest BCUT2D eigenvalue weighted by molar-refractivity contribution is -0.127. The zero-order valence-corrected chi connectivity index (χ0v) is 16.6. The van der Waals surface area contributed by atoms with Gasteiger partial charge in [-0.05, 0) is 18.9 Å². The first-order valence-electron chi connectivity index (χ1n) is 9.26. The van der Waals surface area contributed by atoms with Gasteiger partial charge in [-0.1, -0.05) is 0 Å². The molecule has 1 aliphatic heterocycles. The Kier molecular flexibility index (Phi) is 6.45. The number of halogens is 1. The lowest BCUT2D eigenvalue weighted by Crippen LogP contribution is -2.42. The molecule has 0 spiro atoms. The van der Waals surface area contributed by atoms with Crippen LogP contribution in [0.3, 0.4) is 0 Å². The maximum absolute atomic E-state index is 13.3. The average Bonchev–Trinajstić information content (AvgIpc) is 2.73. The Bertz CT molecular complexity index is 990. The second-order valence-corrected chi connectivity index (χ2v) is 6.94. The van der Waals surface area contributed by atoms with Crippen molar-refractivity contribution in [2.45, 2.75) is 12.8 Å². The summed E-state index contributed by atoms with van der Waals surface area (Å²) in [6, 6.07) is 1.28. The fourth-order valence-electron chi connectivity index (χ4n) is 3.10. The molecule has 0 aliphatic carbocycles. The summed E-state index contributed by atoms with van der Waals surface area (Å²) in [4.78, 5) is 51.4. The zero-order chi connectivity index (χ0) is 21.7. The molecule has 1 N–H and O–H groups in total. The van der Waals surface area contributed by atoms with E-state index in [0.29, 0.717) is 42.5 Å². The number of nitrogens with zero attached hydrogens (tertiary/aromatic N) is 5. The Morgan fingerprint density at radius 1 is 1.23 bits per heavy atom. The number of rotatable bonds is 6. The fraction of sp³-hybridized carbons (Fsp3) is 0.300. The molecule has 0 atom stereocenters. The molecule has 10 heteroatoms. The van der Waals surface area contributed by atoms with Crippen LogP contribution in [0.25, 0.3) is 11.3 Å². The maximum Gasteiger partial charge on any atom is 0.270 e. The SMILES string of the molecule is CN(C)C(=O)C1=C(C=O)CCCN1CC(=O)Nc1cnc(-c2cncc(F)c2)cn1. The lowest BCUT2D eigenvalue weighted by Gasteiger charge is -2.32. The number of carbonyl (C=O) groups is 3. The third-order valence-corrected chi connectivity index (χ3v) is 4.50. The molecule has 0 unspecified atom stereocenters. The molecule has 0 aromatic carbocycles. The highest BCUT2D eigenvalue weighted by Crippen LogP contribution is 2.22. The highest BCUT2D eigenvalue weighted by molar-refractivity contribution is 5.99. The van der Waals surface area contributed by atoms with Crippen molar-refractivity contribution in [3.8, 4) is 11.3 Å². The Balaban J connectivity index is 1.70. The van der Waals surface area contributed by atoms with Gasteiger partial charge in [-0.2, -0.15) is 0 Å². The predicted octanol–water partition coefficient (Wildman–Crippen LogP) is 1.25. The molecular weight excluding hydrogens is 391 g/mol. The molecule has 3 rings (SSSR count). The number of hydrogen-bond acceptors (Lipinski definition) is 7. The van der Waals surface area contributed by atoms with Gasteiger partial charge in [-0.25, -0.2) is 9.37 Å². The molecule has 2 aromatic heterocycles. The summed E-state index contributed by atoms with van der Waals surface area (Å²) in [5.41, 5.74) is 1.51. The Hall–Kier alpha value is -3.69. The van der Waals surface area contributed by atoms with Crippen LogP contribution in [0.1, 0.15) is 12.8 Å². The molecule has 0 radical (unpaired) electrons. The van der Waals surface area contributed by atoms with E-state index < -0.39 is 11.7 Å². The first-order valence-corrected chi connectivity index (χ1v) is 9.26. The van der Waals surface area contributed by atoms with Crippen LogP contribution in [0.4, 0.5) is 10.2 Å². The minimum absolute atomic E-state index is 0.108. The van der Waals surface area contributed by atoms with Crippen molar-refractivity contribution in [2.24, 2.45) is 0 Å². The van der Waals surface area contributed by atoms with E-state index in [4.69, 9.17) is 0 Å². The van der Waals surface area contributed by atoms with Gasteiger partial charge in [0.15, 0.2) is 5.82 Å². The molecular formula is C20H21FN6O3. The van der Waals surface area contributed by atoms with Crippen molar-refractivity contribution in [1.29, 1.82) is 0 Å². The van der Waals surface area contributed by atoms with Crippen molar-refractivity contribution in [3.63, 3.8) is 0 Å². The third kappa shape index (κ3) is 4.83. The fourth-order valence-corrected chi connectivity index (χ4v) is 3.10. The number of amides is 2. The van der Waals surface area contributed by atoms with Crippen LogP contribution in [0.2, 0.25) is 0 Å². The Labute approximate surface area is 172 Å². The quantitative estimate of drug-likeness (QED) is 0.712. The maximum atomic E-state index is 13.3. The monoisotopic (exact) mass is 412 g/mol. The van der Waals surface area contributed by atoms with Gasteiger partial charge in [0, 0.05) is 38.0 Å². The summed E-state index contributed by atoms with van der Waals surface area (Å²) in [6.07, 6.45) is 7.14. The molecule has 156 valence electrons. The summed E-state index contributed by atoms with van der Waals surface area (Å²) in [5.74, 6) is -0.998. The predicted molar refractivity (Wildman–Crippen MR) is 106 cm³/mol. The van der Waals surface area contributed by atoms with Gasteiger partial charge >= 0.3 is 0 Å². The van der Waals surface area contributed by atoms with Gasteiger partial charge in [0.05, 0.1) is 30.8 Å². The van der Waals surface area contributed by atoms with Crippen molar-refractivity contribution < 1.29 is 18.8 Å². The smallest absolute Gasteiger partial charge is 0.270 e. The first-order chi connectivity index (χ1) is 14.4. The molecule has 2 aromatic rings. The van der Waals surface area contributed by atoms with Gasteiger partial charge in [0.25, 0.3) is 5.91 Å². The average molecular weight is 412 g/mol. The highest BCUT2D eigenvalue weighted by Gasteiger charge is 2.28. The topological polar surface area (TPSA) is 108 Å². The van der Waals surface area contributed by atoms with Crippen molar-refractivity contribution >= 4 is 23.9 Å². The van der Waals surface area contributed by atoms with E-state index in [-0.39, 0.29) is 24.0 Å². The van der Waals surface area contributed by atoms with Gasteiger partial charge in [0.2, 0.25) is 5.91 Å². The van der Waals surface area contributed by atoms with E-state index in [0.717, 1.165) is 6.20 Å². The summed E-state index contributed by atoms with van der Waals surface area (Å²) in [5, 5.41) is 2.62. The van der Waals surface area contributed by atoms with Crippen LogP contribution in [0.15, 0.2) is 42.1 Å². The number of allylic oxidation sites excluding steroid dienone is 1. The number of anilines is 1. The van der Waals surface area contributed by atoms with E-state index >= 15 is 0 Å². The summed E-state index contributed by atoms with van der Waals surface area (Å²) >= 11 is 0. The van der Waals surface area contributed by atoms with Gasteiger partial charge < -0.3 is 15.1 Å². The van der Waals surface area contributed by atoms with Crippen LogP contribution in [0.5, 0.6) is 0 Å². The number of likely N-dealkylation sites (N-methyl/N-ethyl adjacent to an activating group) is 1. The van der Waals surface area contributed by atoms with Crippen LogP contribution >= 0.6 is 0 Å². The van der Waals surface area contributed by atoms with Gasteiger partial charge in [-0.3, -0.25) is 24.4 Å². The van der Waals surface area contributed by atoms with Crippen LogP contribution in [-0.4, -0.2) is 70.0 Å². The van der Waals surface area contributed by atoms with E-state index in [2.05, 4.69) is 20.3 Å². The highest BCUT2D eigenvalue weighted by atomic mass is 19.1. The molecule has 0 saturated carbocycles. The minimum Gasteiger partial charge on any atom is -0.357 e. The zero-order valence-electron chi connectivity index (χ0n) is 16.6. The standard InChI is InChI=1S/C20H21FN6O3/c1-26(2)20(30)19-13(12-28)4-3-5-27(19)11-18(29)25-17-10-23-16(9-24-17)14-6-15(21)8-22-7-14/h6-10,12H,3-5,11H2,1-2H3,(H,24,25,29). The van der Waals surface area contributed by atoms with E-state index in [9.17, 15) is 18.8 Å². The molecule has 0 fully saturated rings. The first kappa shape index (κ1) is 21.0. The largest absolute Gasteiger partial charge is 0.357 e. The number of aromatic nitrogens is 3. The second kappa shape index (κ2) is 9.21. The molecule has 0 bridgehead atoms. The summed E-state index contributed by atoms with van der Waals surface area (Å²) < 4.78 is 13.3. The molecule has 2 amide bonds. The van der Waals surface area contributed by atoms with Gasteiger partial charge in [-0.15, -0.1) is 0 Å². The van der Waals surface area contributed by atoms with Crippen molar-refractivity contribution in [3.05, 3.63) is 47.9 Å².